The van der Waals surface area contributed by atoms with Crippen LogP contribution in [0.25, 0.3) is 0 Å². The van der Waals surface area contributed by atoms with Crippen LogP contribution in [0.5, 0.6) is 0 Å². The Morgan fingerprint density at radius 1 is 1.07 bits per heavy atom. The van der Waals surface area contributed by atoms with Crippen molar-refractivity contribution < 1.29 is 9.47 Å². The molecule has 1 aromatic rings. The number of morpholine rings is 1. The summed E-state index contributed by atoms with van der Waals surface area (Å²) in [6, 6.07) is 2.07. The largest absolute Gasteiger partial charge is 0.381 e. The topological polar surface area (TPSA) is 85.5 Å². The van der Waals surface area contributed by atoms with Gasteiger partial charge < -0.3 is 20.5 Å². The summed E-state index contributed by atoms with van der Waals surface area (Å²) in [6.45, 7) is 6.17. The van der Waals surface area contributed by atoms with Gasteiger partial charge in [0.1, 0.15) is 5.82 Å². The molecule has 0 aromatic carbocycles. The fraction of sp³-hybridized carbons (Fsp3) is 0.800. The number of aromatic nitrogens is 2. The highest BCUT2D eigenvalue weighted by molar-refractivity contribution is 5.42. The van der Waals surface area contributed by atoms with E-state index in [2.05, 4.69) is 26.3 Å². The summed E-state index contributed by atoms with van der Waals surface area (Å²) in [5.41, 5.74) is 7.20. The number of hydrogen-bond donors (Lipinski definition) is 2. The van der Waals surface area contributed by atoms with Gasteiger partial charge >= 0.3 is 0 Å². The molecule has 0 spiro atoms. The molecule has 1 aliphatic carbocycles. The van der Waals surface area contributed by atoms with Gasteiger partial charge in [-0.25, -0.2) is 4.98 Å². The standard InChI is InChI=1S/C20H33N5O2/c21-19-23-17(16-5-10-27-14-16)13-18(24-19)22-15-20(6-3-1-2-4-7-20)25-8-11-26-12-9-25/h13,16H,1-12,14-15H2,(H3,21,22,23,24). The van der Waals surface area contributed by atoms with Crippen molar-refractivity contribution in [1.29, 1.82) is 0 Å². The van der Waals surface area contributed by atoms with E-state index in [0.29, 0.717) is 11.9 Å². The third-order valence-corrected chi connectivity index (χ3v) is 6.43. The Bertz CT molecular complexity index is 606. The second-order valence-electron chi connectivity index (χ2n) is 8.19. The van der Waals surface area contributed by atoms with Crippen LogP contribution in [0.1, 0.15) is 56.6 Å². The molecule has 1 saturated carbocycles. The molecule has 7 nitrogen and oxygen atoms in total. The lowest BCUT2D eigenvalue weighted by atomic mass is 9.87. The molecular formula is C20H33N5O2. The van der Waals surface area contributed by atoms with Crippen molar-refractivity contribution in [3.8, 4) is 0 Å². The highest BCUT2D eigenvalue weighted by Gasteiger charge is 2.37. The smallest absolute Gasteiger partial charge is 0.222 e. The van der Waals surface area contributed by atoms with Crippen LogP contribution in [0.15, 0.2) is 6.07 Å². The first-order valence-electron chi connectivity index (χ1n) is 10.5. The van der Waals surface area contributed by atoms with E-state index in [1.165, 1.54) is 38.5 Å². The molecule has 2 aliphatic heterocycles. The van der Waals surface area contributed by atoms with Crippen molar-refractivity contribution in [2.75, 3.05) is 57.1 Å². The highest BCUT2D eigenvalue weighted by atomic mass is 16.5. The first-order valence-corrected chi connectivity index (χ1v) is 10.5. The van der Waals surface area contributed by atoms with Crippen LogP contribution < -0.4 is 11.1 Å². The fourth-order valence-electron chi connectivity index (χ4n) is 4.84. The summed E-state index contributed by atoms with van der Waals surface area (Å²) in [7, 11) is 0. The van der Waals surface area contributed by atoms with Gasteiger partial charge in [-0.1, -0.05) is 25.7 Å². The van der Waals surface area contributed by atoms with Crippen molar-refractivity contribution in [3.63, 3.8) is 0 Å². The van der Waals surface area contributed by atoms with Crippen molar-refractivity contribution in [3.05, 3.63) is 11.8 Å². The van der Waals surface area contributed by atoms with Crippen molar-refractivity contribution >= 4 is 11.8 Å². The molecular weight excluding hydrogens is 342 g/mol. The molecule has 7 heteroatoms. The van der Waals surface area contributed by atoms with Crippen LogP contribution in [0.2, 0.25) is 0 Å². The molecule has 4 rings (SSSR count). The number of rotatable bonds is 5. The molecule has 0 bridgehead atoms. The van der Waals surface area contributed by atoms with Crippen LogP contribution >= 0.6 is 0 Å². The molecule has 0 radical (unpaired) electrons. The van der Waals surface area contributed by atoms with E-state index in [0.717, 1.165) is 64.0 Å². The molecule has 1 aromatic heterocycles. The molecule has 1 atom stereocenters. The van der Waals surface area contributed by atoms with Gasteiger partial charge in [-0.3, -0.25) is 4.90 Å². The van der Waals surface area contributed by atoms with Gasteiger partial charge in [-0.05, 0) is 19.3 Å². The van der Waals surface area contributed by atoms with Gasteiger partial charge in [0.05, 0.1) is 25.5 Å². The monoisotopic (exact) mass is 375 g/mol. The van der Waals surface area contributed by atoms with E-state index in [1.54, 1.807) is 0 Å². The van der Waals surface area contributed by atoms with Crippen molar-refractivity contribution in [1.82, 2.24) is 14.9 Å². The van der Waals surface area contributed by atoms with Crippen LogP contribution in [0.4, 0.5) is 11.8 Å². The molecule has 3 fully saturated rings. The lowest BCUT2D eigenvalue weighted by molar-refractivity contribution is -0.0240. The van der Waals surface area contributed by atoms with Gasteiger partial charge in [-0.15, -0.1) is 0 Å². The number of anilines is 2. The minimum Gasteiger partial charge on any atom is -0.381 e. The minimum absolute atomic E-state index is 0.191. The predicted molar refractivity (Wildman–Crippen MR) is 106 cm³/mol. The highest BCUT2D eigenvalue weighted by Crippen LogP contribution is 2.34. The first kappa shape index (κ1) is 18.9. The Kier molecular flexibility index (Phi) is 6.10. The Hall–Kier alpha value is -1.44. The SMILES string of the molecule is Nc1nc(NCC2(N3CCOCC3)CCCCCC2)cc(C2CCOC2)n1. The quantitative estimate of drug-likeness (QED) is 0.764. The zero-order chi connectivity index (χ0) is 18.5. The second-order valence-corrected chi connectivity index (χ2v) is 8.19. The average Bonchev–Trinajstić information content (AvgIpc) is 3.13. The molecule has 2 saturated heterocycles. The number of nitrogen functional groups attached to an aromatic ring is 1. The first-order chi connectivity index (χ1) is 13.3. The summed E-state index contributed by atoms with van der Waals surface area (Å²) in [5.74, 6) is 1.53. The summed E-state index contributed by atoms with van der Waals surface area (Å²) in [4.78, 5) is 11.6. The van der Waals surface area contributed by atoms with E-state index < -0.39 is 0 Å². The third-order valence-electron chi connectivity index (χ3n) is 6.43. The minimum atomic E-state index is 0.191. The number of hydrogen-bond acceptors (Lipinski definition) is 7. The second kappa shape index (κ2) is 8.71. The van der Waals surface area contributed by atoms with E-state index in [1.807, 2.05) is 0 Å². The zero-order valence-corrected chi connectivity index (χ0v) is 16.3. The van der Waals surface area contributed by atoms with Gasteiger partial charge in [0.2, 0.25) is 5.95 Å². The summed E-state index contributed by atoms with van der Waals surface area (Å²) < 4.78 is 11.1. The van der Waals surface area contributed by atoms with Crippen molar-refractivity contribution in [2.24, 2.45) is 0 Å². The molecule has 27 heavy (non-hydrogen) atoms. The Morgan fingerprint density at radius 2 is 1.85 bits per heavy atom. The molecule has 3 aliphatic rings. The normalized spacial score (nSPS) is 26.6. The molecule has 3 heterocycles. The van der Waals surface area contributed by atoms with Crippen LogP contribution in [0.3, 0.4) is 0 Å². The third kappa shape index (κ3) is 4.52. The maximum absolute atomic E-state index is 6.01. The Balaban J connectivity index is 1.50. The van der Waals surface area contributed by atoms with Gasteiger partial charge in [0, 0.05) is 43.8 Å². The Labute approximate surface area is 162 Å². The molecule has 0 amide bonds. The van der Waals surface area contributed by atoms with Gasteiger partial charge in [0.15, 0.2) is 0 Å². The predicted octanol–water partition coefficient (Wildman–Crippen LogP) is 2.40. The zero-order valence-electron chi connectivity index (χ0n) is 16.3. The Morgan fingerprint density at radius 3 is 2.56 bits per heavy atom. The van der Waals surface area contributed by atoms with E-state index in [9.17, 15) is 0 Å². The van der Waals surface area contributed by atoms with E-state index in [-0.39, 0.29) is 5.54 Å². The molecule has 150 valence electrons. The maximum atomic E-state index is 6.01. The van der Waals surface area contributed by atoms with E-state index >= 15 is 0 Å². The van der Waals surface area contributed by atoms with Gasteiger partial charge in [-0.2, -0.15) is 4.98 Å². The lowest BCUT2D eigenvalue weighted by Crippen LogP contribution is -2.57. The molecule has 1 unspecified atom stereocenters. The van der Waals surface area contributed by atoms with Crippen LogP contribution in [0, 0.1) is 0 Å². The van der Waals surface area contributed by atoms with Crippen LogP contribution in [-0.4, -0.2) is 66.5 Å². The summed E-state index contributed by atoms with van der Waals surface area (Å²) in [5, 5.41) is 3.63. The van der Waals surface area contributed by atoms with Gasteiger partial charge in [0.25, 0.3) is 0 Å². The number of nitrogens with zero attached hydrogens (tertiary/aromatic N) is 3. The average molecular weight is 376 g/mol. The van der Waals surface area contributed by atoms with Crippen molar-refractivity contribution in [2.45, 2.75) is 56.4 Å². The van der Waals surface area contributed by atoms with E-state index in [4.69, 9.17) is 15.2 Å². The van der Waals surface area contributed by atoms with Crippen LogP contribution in [-0.2, 0) is 9.47 Å². The summed E-state index contributed by atoms with van der Waals surface area (Å²) >= 11 is 0. The maximum Gasteiger partial charge on any atom is 0.222 e. The fourth-order valence-corrected chi connectivity index (χ4v) is 4.84. The lowest BCUT2D eigenvalue weighted by Gasteiger charge is -2.46. The number of ether oxygens (including phenoxy) is 2. The molecule has 3 N–H and O–H groups in total. The summed E-state index contributed by atoms with van der Waals surface area (Å²) in [6.07, 6.45) is 8.78. The number of nitrogens with two attached hydrogens (primary N) is 1. The number of nitrogens with one attached hydrogen (secondary N) is 1.